The van der Waals surface area contributed by atoms with Gasteiger partial charge in [0.2, 0.25) is 0 Å². The van der Waals surface area contributed by atoms with Gasteiger partial charge in [-0.05, 0) is 62.6 Å². The van der Waals surface area contributed by atoms with Crippen LogP contribution in [-0.2, 0) is 0 Å². The average Bonchev–Trinajstić information content (AvgIpc) is 3.16. The monoisotopic (exact) mass is 419 g/mol. The van der Waals surface area contributed by atoms with Crippen LogP contribution in [0.25, 0.3) is 22.0 Å². The molecule has 4 aromatic rings. The van der Waals surface area contributed by atoms with Crippen molar-refractivity contribution in [3.05, 3.63) is 70.2 Å². The number of likely N-dealkylation sites (tertiary alicyclic amines) is 1. The predicted molar refractivity (Wildman–Crippen MR) is 118 cm³/mol. The van der Waals surface area contributed by atoms with E-state index in [4.69, 9.17) is 16.0 Å². The lowest BCUT2D eigenvalue weighted by Crippen LogP contribution is -2.38. The van der Waals surface area contributed by atoms with Crippen LogP contribution >= 0.6 is 11.6 Å². The molecule has 0 radical (unpaired) electrons. The fourth-order valence-corrected chi connectivity index (χ4v) is 4.35. The van der Waals surface area contributed by atoms with Gasteiger partial charge in [0.1, 0.15) is 5.52 Å². The number of piperidine rings is 1. The molecule has 1 aliphatic rings. The Hall–Kier alpha value is -2.92. The van der Waals surface area contributed by atoms with Crippen molar-refractivity contribution in [2.45, 2.75) is 32.6 Å². The van der Waals surface area contributed by atoms with Crippen LogP contribution in [0.1, 0.15) is 46.3 Å². The van der Waals surface area contributed by atoms with E-state index in [0.717, 1.165) is 52.0 Å². The van der Waals surface area contributed by atoms with Gasteiger partial charge in [-0.15, -0.1) is 0 Å². The van der Waals surface area contributed by atoms with Crippen LogP contribution in [0.2, 0.25) is 5.02 Å². The summed E-state index contributed by atoms with van der Waals surface area (Å²) >= 11 is 6.05. The van der Waals surface area contributed by atoms with Crippen LogP contribution in [0.15, 0.2) is 46.9 Å². The largest absolute Gasteiger partial charge is 0.440 e. The molecule has 0 unspecified atom stereocenters. The standard InChI is InChI=1S/C24H22ClN3O2/c1-14-3-4-17-12-19(15(2)26-20(17)11-14)24(29)28-9-7-16(8-10-28)23-27-21-13-18(25)5-6-22(21)30-23/h3-6,11-13,16H,7-10H2,1-2H3. The Morgan fingerprint density at radius 1 is 1.03 bits per heavy atom. The quantitative estimate of drug-likeness (QED) is 0.420. The zero-order valence-electron chi connectivity index (χ0n) is 17.0. The first kappa shape index (κ1) is 19.1. The van der Waals surface area contributed by atoms with Gasteiger partial charge in [-0.1, -0.05) is 23.7 Å². The van der Waals surface area contributed by atoms with Crippen molar-refractivity contribution < 1.29 is 9.21 Å². The number of pyridine rings is 1. The fourth-order valence-electron chi connectivity index (χ4n) is 4.18. The van der Waals surface area contributed by atoms with E-state index in [1.165, 1.54) is 0 Å². The number of amides is 1. The Labute approximate surface area is 179 Å². The van der Waals surface area contributed by atoms with E-state index in [-0.39, 0.29) is 11.8 Å². The van der Waals surface area contributed by atoms with Crippen molar-refractivity contribution >= 4 is 39.5 Å². The maximum Gasteiger partial charge on any atom is 0.255 e. The van der Waals surface area contributed by atoms with Crippen LogP contribution in [0.3, 0.4) is 0 Å². The summed E-state index contributed by atoms with van der Waals surface area (Å²) in [6.07, 6.45) is 1.65. The van der Waals surface area contributed by atoms with Crippen LogP contribution in [0.5, 0.6) is 0 Å². The highest BCUT2D eigenvalue weighted by atomic mass is 35.5. The zero-order chi connectivity index (χ0) is 20.8. The molecule has 0 aliphatic carbocycles. The van der Waals surface area contributed by atoms with Crippen molar-refractivity contribution in [3.63, 3.8) is 0 Å². The summed E-state index contributed by atoms with van der Waals surface area (Å²) in [5.74, 6) is 0.989. The van der Waals surface area contributed by atoms with Gasteiger partial charge in [-0.25, -0.2) is 4.98 Å². The molecule has 3 heterocycles. The number of hydrogen-bond donors (Lipinski definition) is 0. The summed E-state index contributed by atoms with van der Waals surface area (Å²) in [6, 6.07) is 13.6. The van der Waals surface area contributed by atoms with Crippen molar-refractivity contribution in [1.29, 1.82) is 0 Å². The molecule has 6 heteroatoms. The second-order valence-corrected chi connectivity index (χ2v) is 8.48. The van der Waals surface area contributed by atoms with E-state index >= 15 is 0 Å². The molecular weight excluding hydrogens is 398 g/mol. The molecule has 5 rings (SSSR count). The van der Waals surface area contributed by atoms with Gasteiger partial charge in [-0.2, -0.15) is 0 Å². The van der Waals surface area contributed by atoms with Gasteiger partial charge in [0.05, 0.1) is 16.8 Å². The molecule has 0 N–H and O–H groups in total. The van der Waals surface area contributed by atoms with Gasteiger partial charge in [0, 0.05) is 29.4 Å². The van der Waals surface area contributed by atoms with Crippen LogP contribution in [0, 0.1) is 13.8 Å². The highest BCUT2D eigenvalue weighted by Gasteiger charge is 2.28. The number of carbonyl (C=O) groups is 1. The highest BCUT2D eigenvalue weighted by molar-refractivity contribution is 6.31. The molecule has 2 aromatic heterocycles. The van der Waals surface area contributed by atoms with Gasteiger partial charge in [0.25, 0.3) is 5.91 Å². The SMILES string of the molecule is Cc1ccc2cc(C(=O)N3CCC(c4nc5cc(Cl)ccc5o4)CC3)c(C)nc2c1. The maximum absolute atomic E-state index is 13.2. The topological polar surface area (TPSA) is 59.2 Å². The third-order valence-electron chi connectivity index (χ3n) is 5.89. The minimum Gasteiger partial charge on any atom is -0.440 e. The Balaban J connectivity index is 1.33. The fraction of sp³-hybridized carbons (Fsp3) is 0.292. The summed E-state index contributed by atoms with van der Waals surface area (Å²) in [6.45, 7) is 5.30. The van der Waals surface area contributed by atoms with Gasteiger partial charge in [-0.3, -0.25) is 9.78 Å². The molecular formula is C24H22ClN3O2. The molecule has 1 saturated heterocycles. The molecule has 2 aromatic carbocycles. The number of halogens is 1. The van der Waals surface area contributed by atoms with Crippen molar-refractivity contribution in [2.75, 3.05) is 13.1 Å². The zero-order valence-corrected chi connectivity index (χ0v) is 17.7. The minimum atomic E-state index is 0.0465. The lowest BCUT2D eigenvalue weighted by atomic mass is 9.96. The van der Waals surface area contributed by atoms with Crippen LogP contribution in [-0.4, -0.2) is 33.9 Å². The van der Waals surface area contributed by atoms with Gasteiger partial charge >= 0.3 is 0 Å². The Morgan fingerprint density at radius 2 is 1.83 bits per heavy atom. The Morgan fingerprint density at radius 3 is 2.63 bits per heavy atom. The molecule has 30 heavy (non-hydrogen) atoms. The summed E-state index contributed by atoms with van der Waals surface area (Å²) in [5.41, 5.74) is 5.08. The summed E-state index contributed by atoms with van der Waals surface area (Å²) in [7, 11) is 0. The second-order valence-electron chi connectivity index (χ2n) is 8.05. The number of nitrogens with zero attached hydrogens (tertiary/aromatic N) is 3. The first-order valence-corrected chi connectivity index (χ1v) is 10.6. The number of hydrogen-bond acceptors (Lipinski definition) is 4. The van der Waals surface area contributed by atoms with Crippen molar-refractivity contribution in [3.8, 4) is 0 Å². The number of aryl methyl sites for hydroxylation is 2. The van der Waals surface area contributed by atoms with Gasteiger partial charge in [0.15, 0.2) is 11.5 Å². The number of aromatic nitrogens is 2. The minimum absolute atomic E-state index is 0.0465. The van der Waals surface area contributed by atoms with E-state index in [0.29, 0.717) is 23.7 Å². The highest BCUT2D eigenvalue weighted by Crippen LogP contribution is 2.31. The lowest BCUT2D eigenvalue weighted by Gasteiger charge is -2.31. The molecule has 0 spiro atoms. The normalized spacial score (nSPS) is 15.2. The molecule has 152 valence electrons. The molecule has 5 nitrogen and oxygen atoms in total. The smallest absolute Gasteiger partial charge is 0.255 e. The third-order valence-corrected chi connectivity index (χ3v) is 6.13. The van der Waals surface area contributed by atoms with Crippen LogP contribution in [0.4, 0.5) is 0 Å². The Bertz CT molecular complexity index is 1270. The number of rotatable bonds is 2. The second kappa shape index (κ2) is 7.40. The molecule has 0 atom stereocenters. The number of oxazole rings is 1. The first-order chi connectivity index (χ1) is 14.5. The number of benzene rings is 2. The molecule has 1 fully saturated rings. The van der Waals surface area contributed by atoms with E-state index in [1.807, 2.05) is 49.1 Å². The van der Waals surface area contributed by atoms with E-state index in [1.54, 1.807) is 6.07 Å². The van der Waals surface area contributed by atoms with Crippen molar-refractivity contribution in [2.24, 2.45) is 0 Å². The van der Waals surface area contributed by atoms with Gasteiger partial charge < -0.3 is 9.32 Å². The molecule has 1 amide bonds. The predicted octanol–water partition coefficient (Wildman–Crippen LogP) is 5.67. The van der Waals surface area contributed by atoms with E-state index in [2.05, 4.69) is 16.0 Å². The first-order valence-electron chi connectivity index (χ1n) is 10.2. The number of fused-ring (bicyclic) bond motifs is 2. The summed E-state index contributed by atoms with van der Waals surface area (Å²) in [4.78, 5) is 24.4. The molecule has 0 bridgehead atoms. The van der Waals surface area contributed by atoms with Crippen LogP contribution < -0.4 is 0 Å². The van der Waals surface area contributed by atoms with Crippen molar-refractivity contribution in [1.82, 2.24) is 14.9 Å². The van der Waals surface area contributed by atoms with E-state index in [9.17, 15) is 4.79 Å². The average molecular weight is 420 g/mol. The maximum atomic E-state index is 13.2. The van der Waals surface area contributed by atoms with E-state index < -0.39 is 0 Å². The summed E-state index contributed by atoms with van der Waals surface area (Å²) < 4.78 is 5.94. The molecule has 0 saturated carbocycles. The lowest BCUT2D eigenvalue weighted by molar-refractivity contribution is 0.0705. The number of carbonyl (C=O) groups excluding carboxylic acids is 1. The molecule has 1 aliphatic heterocycles. The Kier molecular flexibility index (Phi) is 4.70. The summed E-state index contributed by atoms with van der Waals surface area (Å²) in [5, 5.41) is 1.65. The third kappa shape index (κ3) is 3.43.